The minimum absolute atomic E-state index is 0.581. The molecule has 3 aromatic heterocycles. The van der Waals surface area contributed by atoms with Crippen LogP contribution < -0.4 is 4.90 Å². The average molecular weight is 735 g/mol. The first kappa shape index (κ1) is 31.2. The molecule has 0 bridgehead atoms. The number of thiophene rings is 1. The fourth-order valence-electron chi connectivity index (χ4n) is 8.44. The molecule has 0 aliphatic heterocycles. The summed E-state index contributed by atoms with van der Waals surface area (Å²) in [6.45, 7) is 0. The number of aromatic nitrogens is 1. The Bertz CT molecular complexity index is 3500. The van der Waals surface area contributed by atoms with Crippen molar-refractivity contribution in [2.45, 2.75) is 0 Å². The molecule has 0 saturated heterocycles. The fraction of sp³-hybridized carbons (Fsp3) is 0. The van der Waals surface area contributed by atoms with E-state index in [2.05, 4.69) is 157 Å². The van der Waals surface area contributed by atoms with Crippen LogP contribution in [0, 0.1) is 0 Å². The summed E-state index contributed by atoms with van der Waals surface area (Å²) in [5.74, 6) is 0.581. The lowest BCUT2D eigenvalue weighted by atomic mass is 10.0. The van der Waals surface area contributed by atoms with Crippen molar-refractivity contribution in [2.24, 2.45) is 0 Å². The second-order valence-electron chi connectivity index (χ2n) is 14.3. The lowest BCUT2D eigenvalue weighted by molar-refractivity contribution is 0.620. The van der Waals surface area contributed by atoms with E-state index >= 15 is 0 Å². The number of hydrogen-bond acceptors (Lipinski definition) is 5. The van der Waals surface area contributed by atoms with E-state index < -0.39 is 0 Å². The Kier molecular flexibility index (Phi) is 6.76. The van der Waals surface area contributed by atoms with Gasteiger partial charge in [0.05, 0.1) is 0 Å². The van der Waals surface area contributed by atoms with Crippen LogP contribution in [-0.2, 0) is 0 Å². The van der Waals surface area contributed by atoms with Gasteiger partial charge >= 0.3 is 0 Å². The van der Waals surface area contributed by atoms with E-state index in [0.717, 1.165) is 72.0 Å². The van der Waals surface area contributed by atoms with Crippen LogP contribution in [0.1, 0.15) is 0 Å². The Morgan fingerprint density at radius 1 is 0.429 bits per heavy atom. The maximum absolute atomic E-state index is 6.67. The molecule has 0 aliphatic carbocycles. The zero-order valence-electron chi connectivity index (χ0n) is 29.9. The van der Waals surface area contributed by atoms with Gasteiger partial charge in [0.25, 0.3) is 0 Å². The molecule has 56 heavy (non-hydrogen) atoms. The summed E-state index contributed by atoms with van der Waals surface area (Å²) in [5.41, 5.74) is 9.60. The van der Waals surface area contributed by atoms with Gasteiger partial charge in [-0.15, -0.1) is 11.3 Å². The van der Waals surface area contributed by atoms with Gasteiger partial charge in [-0.1, -0.05) is 121 Å². The molecule has 0 N–H and O–H groups in total. The monoisotopic (exact) mass is 734 g/mol. The Labute approximate surface area is 325 Å². The third-order valence-electron chi connectivity index (χ3n) is 11.1. The van der Waals surface area contributed by atoms with Crippen molar-refractivity contribution in [2.75, 3.05) is 4.90 Å². The van der Waals surface area contributed by atoms with E-state index in [1.807, 2.05) is 41.7 Å². The first-order chi connectivity index (χ1) is 27.7. The van der Waals surface area contributed by atoms with Gasteiger partial charge in [-0.05, 0) is 81.9 Å². The topological polar surface area (TPSA) is 42.4 Å². The number of oxazole rings is 1. The van der Waals surface area contributed by atoms with Gasteiger partial charge in [0.15, 0.2) is 5.58 Å². The fourth-order valence-corrected chi connectivity index (χ4v) is 9.71. The number of nitrogens with zero attached hydrogens (tertiary/aromatic N) is 2. The second-order valence-corrected chi connectivity index (χ2v) is 15.4. The quantitative estimate of drug-likeness (QED) is 0.177. The molecule has 3 heterocycles. The molecule has 5 heteroatoms. The summed E-state index contributed by atoms with van der Waals surface area (Å²) in [6, 6.07) is 64.4. The van der Waals surface area contributed by atoms with E-state index in [1.165, 1.54) is 36.5 Å². The molecule has 12 rings (SSSR count). The number of hydrogen-bond donors (Lipinski definition) is 0. The minimum Gasteiger partial charge on any atom is -0.456 e. The largest absolute Gasteiger partial charge is 0.456 e. The second kappa shape index (κ2) is 12.2. The molecule has 0 fully saturated rings. The van der Waals surface area contributed by atoms with Gasteiger partial charge in [-0.3, -0.25) is 0 Å². The zero-order valence-corrected chi connectivity index (χ0v) is 30.8. The molecule has 12 aromatic rings. The minimum atomic E-state index is 0.581. The zero-order chi connectivity index (χ0) is 36.7. The van der Waals surface area contributed by atoms with Crippen LogP contribution in [0.5, 0.6) is 0 Å². The molecule has 0 spiro atoms. The smallest absolute Gasteiger partial charge is 0.228 e. The molecule has 0 aliphatic rings. The van der Waals surface area contributed by atoms with Crippen LogP contribution in [0.25, 0.3) is 97.3 Å². The first-order valence-electron chi connectivity index (χ1n) is 18.8. The van der Waals surface area contributed by atoms with Crippen LogP contribution in [0.4, 0.5) is 17.1 Å². The predicted molar refractivity (Wildman–Crippen MR) is 235 cm³/mol. The third-order valence-corrected chi connectivity index (χ3v) is 12.3. The molecule has 0 amide bonds. The number of fused-ring (bicyclic) bond motifs is 11. The van der Waals surface area contributed by atoms with Crippen molar-refractivity contribution in [1.29, 1.82) is 0 Å². The number of benzene rings is 9. The Morgan fingerprint density at radius 3 is 2.02 bits per heavy atom. The maximum atomic E-state index is 6.67. The van der Waals surface area contributed by atoms with Gasteiger partial charge in [0, 0.05) is 65.0 Å². The van der Waals surface area contributed by atoms with Gasteiger partial charge in [0.2, 0.25) is 5.89 Å². The van der Waals surface area contributed by atoms with Gasteiger partial charge in [-0.25, -0.2) is 4.98 Å². The van der Waals surface area contributed by atoms with Gasteiger partial charge in [-0.2, -0.15) is 0 Å². The summed E-state index contributed by atoms with van der Waals surface area (Å²) < 4.78 is 15.7. The lowest BCUT2D eigenvalue weighted by Crippen LogP contribution is -2.09. The normalized spacial score (nSPS) is 11.9. The molecule has 0 radical (unpaired) electrons. The molecule has 9 aromatic carbocycles. The van der Waals surface area contributed by atoms with E-state index in [0.29, 0.717) is 5.89 Å². The predicted octanol–water partition coefficient (Wildman–Crippen LogP) is 15.2. The van der Waals surface area contributed by atoms with Crippen LogP contribution in [0.15, 0.2) is 191 Å². The third kappa shape index (κ3) is 4.81. The van der Waals surface area contributed by atoms with Gasteiger partial charge in [0.1, 0.15) is 16.7 Å². The van der Waals surface area contributed by atoms with Crippen molar-refractivity contribution in [3.63, 3.8) is 0 Å². The van der Waals surface area contributed by atoms with Gasteiger partial charge < -0.3 is 13.7 Å². The summed E-state index contributed by atoms with van der Waals surface area (Å²) >= 11 is 1.86. The standard InChI is InChI=1S/C51H30N2O2S/c1-2-10-31(11-3-1)34-14-8-15-35(28-34)53(37-22-25-40-41-24-20-33-13-5-7-17-39(33)50(41)56-47(40)30-37)36-23-26-42-46(29-36)54-44-19-9-18-43(48(42)44)51-52-49-38-16-6-4-12-32(38)21-27-45(49)55-51/h1-30H. The highest BCUT2D eigenvalue weighted by atomic mass is 32.1. The maximum Gasteiger partial charge on any atom is 0.228 e. The summed E-state index contributed by atoms with van der Waals surface area (Å²) in [4.78, 5) is 7.39. The average Bonchev–Trinajstić information content (AvgIpc) is 3.98. The summed E-state index contributed by atoms with van der Waals surface area (Å²) in [6.07, 6.45) is 0. The lowest BCUT2D eigenvalue weighted by Gasteiger charge is -2.26. The van der Waals surface area contributed by atoms with Crippen LogP contribution in [0.2, 0.25) is 0 Å². The summed E-state index contributed by atoms with van der Waals surface area (Å²) in [5, 5.41) is 9.33. The molecule has 0 unspecified atom stereocenters. The molecule has 0 saturated carbocycles. The highest BCUT2D eigenvalue weighted by Crippen LogP contribution is 2.45. The van der Waals surface area contributed by atoms with E-state index in [4.69, 9.17) is 13.8 Å². The van der Waals surface area contributed by atoms with Crippen LogP contribution >= 0.6 is 11.3 Å². The van der Waals surface area contributed by atoms with Crippen LogP contribution in [0.3, 0.4) is 0 Å². The van der Waals surface area contributed by atoms with Crippen molar-refractivity contribution < 1.29 is 8.83 Å². The Morgan fingerprint density at radius 2 is 1.12 bits per heavy atom. The van der Waals surface area contributed by atoms with E-state index in [9.17, 15) is 0 Å². The first-order valence-corrected chi connectivity index (χ1v) is 19.6. The highest BCUT2D eigenvalue weighted by Gasteiger charge is 2.21. The van der Waals surface area contributed by atoms with Crippen LogP contribution in [-0.4, -0.2) is 4.98 Å². The van der Waals surface area contributed by atoms with Crippen molar-refractivity contribution >= 4 is 103 Å². The number of rotatable bonds is 5. The SMILES string of the molecule is c1ccc(-c2cccc(N(c3ccc4c(c3)oc3cccc(-c5nc6c(ccc7ccccc76)o5)c34)c3ccc4c(c3)sc3c5ccccc5ccc43)c2)cc1. The molecule has 0 atom stereocenters. The molecular formula is C51H30N2O2S. The Balaban J connectivity index is 1.04. The van der Waals surface area contributed by atoms with Crippen molar-refractivity contribution in [1.82, 2.24) is 4.98 Å². The van der Waals surface area contributed by atoms with Crippen molar-refractivity contribution in [3.8, 4) is 22.6 Å². The molecule has 4 nitrogen and oxygen atoms in total. The van der Waals surface area contributed by atoms with Crippen molar-refractivity contribution in [3.05, 3.63) is 182 Å². The Hall–Kier alpha value is -7.21. The molecule has 262 valence electrons. The van der Waals surface area contributed by atoms with E-state index in [1.54, 1.807) is 0 Å². The van der Waals surface area contributed by atoms with E-state index in [-0.39, 0.29) is 0 Å². The number of furan rings is 1. The highest BCUT2D eigenvalue weighted by molar-refractivity contribution is 7.26. The molecular weight excluding hydrogens is 705 g/mol. The summed E-state index contributed by atoms with van der Waals surface area (Å²) in [7, 11) is 0. The number of anilines is 3.